The molecule has 19 heavy (non-hydrogen) atoms. The number of carbonyl (C=O) groups excluding carboxylic acids is 1. The van der Waals surface area contributed by atoms with E-state index in [1.165, 1.54) is 0 Å². The lowest BCUT2D eigenvalue weighted by Crippen LogP contribution is -2.29. The zero-order chi connectivity index (χ0) is 13.7. The van der Waals surface area contributed by atoms with Crippen LogP contribution in [0, 0.1) is 0 Å². The predicted molar refractivity (Wildman–Crippen MR) is 79.1 cm³/mol. The number of nitrogens with one attached hydrogen (secondary N) is 1. The standard InChI is InChI=1S/C14H13ClN2OS/c15-12-5-2-6-13(8-12)19-9-10-3-1-4-11(7-10)14(18)17-16/h1-8H,9,16H2,(H,17,18). The summed E-state index contributed by atoms with van der Waals surface area (Å²) >= 11 is 7.60. The highest BCUT2D eigenvalue weighted by Crippen LogP contribution is 2.25. The van der Waals surface area contributed by atoms with E-state index in [9.17, 15) is 4.79 Å². The molecule has 0 atom stereocenters. The molecule has 0 aliphatic heterocycles. The second-order valence-corrected chi connectivity index (χ2v) is 5.41. The van der Waals surface area contributed by atoms with Crippen LogP contribution in [0.25, 0.3) is 0 Å². The summed E-state index contributed by atoms with van der Waals surface area (Å²) < 4.78 is 0. The van der Waals surface area contributed by atoms with E-state index in [4.69, 9.17) is 17.4 Å². The number of benzene rings is 2. The van der Waals surface area contributed by atoms with Gasteiger partial charge in [-0.15, -0.1) is 11.8 Å². The van der Waals surface area contributed by atoms with Gasteiger partial charge in [0, 0.05) is 21.2 Å². The molecule has 0 spiro atoms. The molecule has 0 aliphatic rings. The molecule has 0 saturated heterocycles. The molecule has 0 bridgehead atoms. The third-order valence-corrected chi connectivity index (χ3v) is 3.82. The van der Waals surface area contributed by atoms with Gasteiger partial charge in [0.15, 0.2) is 0 Å². The number of carbonyl (C=O) groups is 1. The number of rotatable bonds is 4. The minimum absolute atomic E-state index is 0.283. The number of hydrogen-bond acceptors (Lipinski definition) is 3. The number of nitrogens with two attached hydrogens (primary N) is 1. The summed E-state index contributed by atoms with van der Waals surface area (Å²) in [5, 5.41) is 0.723. The third-order valence-electron chi connectivity index (χ3n) is 2.52. The molecule has 3 nitrogen and oxygen atoms in total. The minimum atomic E-state index is -0.283. The van der Waals surface area contributed by atoms with Crippen molar-refractivity contribution < 1.29 is 4.79 Å². The van der Waals surface area contributed by atoms with Crippen molar-refractivity contribution in [1.82, 2.24) is 5.43 Å². The van der Waals surface area contributed by atoms with E-state index in [2.05, 4.69) is 5.43 Å². The topological polar surface area (TPSA) is 55.1 Å². The van der Waals surface area contributed by atoms with Crippen molar-refractivity contribution in [2.24, 2.45) is 5.84 Å². The first-order chi connectivity index (χ1) is 9.19. The fourth-order valence-electron chi connectivity index (χ4n) is 1.61. The summed E-state index contributed by atoms with van der Waals surface area (Å²) in [6.07, 6.45) is 0. The number of halogens is 1. The Kier molecular flexibility index (Phi) is 4.85. The molecule has 0 heterocycles. The van der Waals surface area contributed by atoms with Gasteiger partial charge in [-0.25, -0.2) is 5.84 Å². The second kappa shape index (κ2) is 6.61. The van der Waals surface area contributed by atoms with Crippen molar-refractivity contribution >= 4 is 29.3 Å². The zero-order valence-electron chi connectivity index (χ0n) is 10.1. The Morgan fingerprint density at radius 1 is 1.21 bits per heavy atom. The van der Waals surface area contributed by atoms with Crippen LogP contribution in [0.5, 0.6) is 0 Å². The van der Waals surface area contributed by atoms with Crippen LogP contribution >= 0.6 is 23.4 Å². The normalized spacial score (nSPS) is 10.2. The maximum atomic E-state index is 11.4. The van der Waals surface area contributed by atoms with Crippen molar-refractivity contribution in [3.63, 3.8) is 0 Å². The number of hydrazine groups is 1. The molecule has 5 heteroatoms. The fraction of sp³-hybridized carbons (Fsp3) is 0.0714. The number of amides is 1. The van der Waals surface area contributed by atoms with E-state index in [1.807, 2.05) is 42.5 Å². The molecule has 0 radical (unpaired) electrons. The summed E-state index contributed by atoms with van der Waals surface area (Å²) in [7, 11) is 0. The van der Waals surface area contributed by atoms with Gasteiger partial charge in [-0.05, 0) is 35.9 Å². The SMILES string of the molecule is NNC(=O)c1cccc(CSc2cccc(Cl)c2)c1. The molecule has 2 rings (SSSR count). The van der Waals surface area contributed by atoms with E-state index in [0.717, 1.165) is 21.2 Å². The molecule has 0 aromatic heterocycles. The van der Waals surface area contributed by atoms with Crippen LogP contribution in [0.1, 0.15) is 15.9 Å². The predicted octanol–water partition coefficient (Wildman–Crippen LogP) is 3.24. The molecule has 2 aromatic rings. The molecule has 2 aromatic carbocycles. The largest absolute Gasteiger partial charge is 0.290 e. The summed E-state index contributed by atoms with van der Waals surface area (Å²) in [4.78, 5) is 12.5. The molecule has 1 amide bonds. The van der Waals surface area contributed by atoms with E-state index < -0.39 is 0 Å². The molecule has 0 fully saturated rings. The average molecular weight is 293 g/mol. The Balaban J connectivity index is 2.05. The summed E-state index contributed by atoms with van der Waals surface area (Å²) in [5.74, 6) is 5.60. The van der Waals surface area contributed by atoms with Crippen LogP contribution < -0.4 is 11.3 Å². The van der Waals surface area contributed by atoms with Crippen molar-refractivity contribution in [2.75, 3.05) is 0 Å². The van der Waals surface area contributed by atoms with Gasteiger partial charge in [0.1, 0.15) is 0 Å². The van der Waals surface area contributed by atoms with Crippen LogP contribution in [0.4, 0.5) is 0 Å². The minimum Gasteiger partial charge on any atom is -0.290 e. The van der Waals surface area contributed by atoms with Crippen molar-refractivity contribution in [2.45, 2.75) is 10.6 Å². The third kappa shape index (κ3) is 3.99. The fourth-order valence-corrected chi connectivity index (χ4v) is 2.76. The van der Waals surface area contributed by atoms with Crippen LogP contribution in [-0.2, 0) is 5.75 Å². The highest BCUT2D eigenvalue weighted by Gasteiger charge is 2.04. The Morgan fingerprint density at radius 2 is 2.00 bits per heavy atom. The molecular weight excluding hydrogens is 280 g/mol. The highest BCUT2D eigenvalue weighted by atomic mass is 35.5. The number of thioether (sulfide) groups is 1. The molecular formula is C14H13ClN2OS. The molecule has 98 valence electrons. The summed E-state index contributed by atoms with van der Waals surface area (Å²) in [6.45, 7) is 0. The molecule has 0 unspecified atom stereocenters. The molecule has 3 N–H and O–H groups in total. The van der Waals surface area contributed by atoms with Crippen molar-refractivity contribution in [3.8, 4) is 0 Å². The first-order valence-electron chi connectivity index (χ1n) is 5.67. The smallest absolute Gasteiger partial charge is 0.265 e. The lowest BCUT2D eigenvalue weighted by molar-refractivity contribution is 0.0953. The molecule has 0 aliphatic carbocycles. The maximum absolute atomic E-state index is 11.4. The van der Waals surface area contributed by atoms with Gasteiger partial charge in [0.05, 0.1) is 0 Å². The van der Waals surface area contributed by atoms with Crippen LogP contribution in [-0.4, -0.2) is 5.91 Å². The van der Waals surface area contributed by atoms with Gasteiger partial charge in [-0.3, -0.25) is 10.2 Å². The Bertz CT molecular complexity index is 589. The van der Waals surface area contributed by atoms with Gasteiger partial charge < -0.3 is 0 Å². The monoisotopic (exact) mass is 292 g/mol. The van der Waals surface area contributed by atoms with E-state index in [-0.39, 0.29) is 5.91 Å². The van der Waals surface area contributed by atoms with Gasteiger partial charge in [-0.2, -0.15) is 0 Å². The lowest BCUT2D eigenvalue weighted by Gasteiger charge is -2.05. The van der Waals surface area contributed by atoms with E-state index >= 15 is 0 Å². The van der Waals surface area contributed by atoms with Gasteiger partial charge in [0.2, 0.25) is 0 Å². The summed E-state index contributed by atoms with van der Waals surface area (Å²) in [6, 6.07) is 15.1. The second-order valence-electron chi connectivity index (χ2n) is 3.92. The Hall–Kier alpha value is -1.49. The summed E-state index contributed by atoms with van der Waals surface area (Å²) in [5.41, 5.74) is 3.75. The first-order valence-corrected chi connectivity index (χ1v) is 7.03. The Morgan fingerprint density at radius 3 is 2.74 bits per heavy atom. The average Bonchev–Trinajstić information content (AvgIpc) is 2.45. The van der Waals surface area contributed by atoms with Gasteiger partial charge in [-0.1, -0.05) is 29.8 Å². The highest BCUT2D eigenvalue weighted by molar-refractivity contribution is 7.98. The van der Waals surface area contributed by atoms with Crippen molar-refractivity contribution in [1.29, 1.82) is 0 Å². The van der Waals surface area contributed by atoms with Crippen LogP contribution in [0.15, 0.2) is 53.4 Å². The van der Waals surface area contributed by atoms with Gasteiger partial charge >= 0.3 is 0 Å². The van der Waals surface area contributed by atoms with Crippen molar-refractivity contribution in [3.05, 3.63) is 64.7 Å². The Labute approximate surface area is 121 Å². The quantitative estimate of drug-likeness (QED) is 0.394. The number of nitrogen functional groups attached to an aromatic ring is 1. The van der Waals surface area contributed by atoms with Gasteiger partial charge in [0.25, 0.3) is 5.91 Å². The van der Waals surface area contributed by atoms with E-state index in [0.29, 0.717) is 5.56 Å². The van der Waals surface area contributed by atoms with E-state index in [1.54, 1.807) is 17.8 Å². The van der Waals surface area contributed by atoms with Crippen LogP contribution in [0.2, 0.25) is 5.02 Å². The first kappa shape index (κ1) is 13.9. The number of hydrogen-bond donors (Lipinski definition) is 2. The zero-order valence-corrected chi connectivity index (χ0v) is 11.7. The maximum Gasteiger partial charge on any atom is 0.265 e. The van der Waals surface area contributed by atoms with Crippen LogP contribution in [0.3, 0.4) is 0 Å². The molecule has 0 saturated carbocycles. The lowest BCUT2D eigenvalue weighted by atomic mass is 10.1.